The van der Waals surface area contributed by atoms with E-state index in [9.17, 15) is 0 Å². The number of ether oxygens (including phenoxy) is 1. The Bertz CT molecular complexity index is 474. The fourth-order valence-electron chi connectivity index (χ4n) is 2.14. The van der Waals surface area contributed by atoms with E-state index in [0.717, 1.165) is 32.8 Å². The molecule has 0 saturated heterocycles. The molecule has 0 atom stereocenters. The first-order valence-corrected chi connectivity index (χ1v) is 11.4. The van der Waals surface area contributed by atoms with Gasteiger partial charge in [-0.25, -0.2) is 0 Å². The van der Waals surface area contributed by atoms with E-state index < -0.39 is 0 Å². The molecule has 2 rings (SSSR count). The maximum absolute atomic E-state index is 7.00. The molecule has 5 heteroatoms. The third kappa shape index (κ3) is 17.4. The minimum Gasteiger partial charge on any atom is -0.400 e. The van der Waals surface area contributed by atoms with Gasteiger partial charge in [0.2, 0.25) is 0 Å². The molecule has 0 amide bonds. The standard InChI is InChI=1S/C12H17NS.C10H22O.CH4O.Y.H2/c1-13-8-11-3-2-4-12(7-11)14-9-10-5-6-10;1-5-7-8-11-9-10(3,4)6-2;1-2;;/h2-4,7,10,13H,5-6,8-9H2,1H3;5-9H2,1-4H3;2H,1H3;;1H. The van der Waals surface area contributed by atoms with Gasteiger partial charge in [0.05, 0.1) is 6.61 Å². The molecule has 1 aliphatic rings. The van der Waals surface area contributed by atoms with Crippen molar-refractivity contribution >= 4 is 11.8 Å². The van der Waals surface area contributed by atoms with Crippen LogP contribution in [-0.4, -0.2) is 38.2 Å². The Hall–Kier alpha value is 0.554. The second-order valence-corrected chi connectivity index (χ2v) is 8.95. The van der Waals surface area contributed by atoms with Crippen molar-refractivity contribution in [3.63, 3.8) is 0 Å². The Morgan fingerprint density at radius 3 is 2.46 bits per heavy atom. The number of unbranched alkanes of at least 4 members (excludes halogenated alkanes) is 1. The van der Waals surface area contributed by atoms with Crippen molar-refractivity contribution in [2.75, 3.05) is 33.1 Å². The summed E-state index contributed by atoms with van der Waals surface area (Å²) in [6.45, 7) is 11.7. The number of aliphatic hydroxyl groups excluding tert-OH is 1. The smallest absolute Gasteiger partial charge is 0.0517 e. The molecule has 0 aliphatic heterocycles. The van der Waals surface area contributed by atoms with E-state index in [1.165, 1.54) is 48.3 Å². The second kappa shape index (κ2) is 19.5. The molecule has 28 heavy (non-hydrogen) atoms. The van der Waals surface area contributed by atoms with E-state index >= 15 is 0 Å². The van der Waals surface area contributed by atoms with Crippen LogP contribution in [0.5, 0.6) is 0 Å². The summed E-state index contributed by atoms with van der Waals surface area (Å²) in [4.78, 5) is 1.42. The molecule has 1 aromatic carbocycles. The molecule has 0 aromatic heterocycles. The van der Waals surface area contributed by atoms with Gasteiger partial charge in [0.1, 0.15) is 0 Å². The zero-order valence-electron chi connectivity index (χ0n) is 19.1. The monoisotopic (exact) mass is 488 g/mol. The van der Waals surface area contributed by atoms with Gasteiger partial charge in [0, 0.05) is 65.0 Å². The van der Waals surface area contributed by atoms with Crippen molar-refractivity contribution in [3.8, 4) is 0 Å². The first-order chi connectivity index (χ1) is 13.0. The van der Waals surface area contributed by atoms with Gasteiger partial charge in [-0.2, -0.15) is 0 Å². The molecule has 0 unspecified atom stereocenters. The van der Waals surface area contributed by atoms with E-state index in [2.05, 4.69) is 57.3 Å². The predicted molar refractivity (Wildman–Crippen MR) is 123 cm³/mol. The summed E-state index contributed by atoms with van der Waals surface area (Å²) in [6, 6.07) is 8.84. The van der Waals surface area contributed by atoms with Gasteiger partial charge in [-0.3, -0.25) is 0 Å². The Morgan fingerprint density at radius 1 is 1.25 bits per heavy atom. The minimum atomic E-state index is 0. The number of thioether (sulfide) groups is 1. The molecule has 1 saturated carbocycles. The summed E-state index contributed by atoms with van der Waals surface area (Å²) < 4.78 is 5.53. The second-order valence-electron chi connectivity index (χ2n) is 7.86. The predicted octanol–water partition coefficient (Wildman–Crippen LogP) is 6.00. The van der Waals surface area contributed by atoms with Crippen LogP contribution in [0.2, 0.25) is 0 Å². The summed E-state index contributed by atoms with van der Waals surface area (Å²) in [5.74, 6) is 2.32. The zero-order valence-corrected chi connectivity index (χ0v) is 22.7. The first kappa shape index (κ1) is 30.7. The van der Waals surface area contributed by atoms with Crippen molar-refractivity contribution in [1.29, 1.82) is 0 Å². The van der Waals surface area contributed by atoms with Gasteiger partial charge in [0.15, 0.2) is 0 Å². The topological polar surface area (TPSA) is 41.5 Å². The molecule has 0 spiro atoms. The number of benzene rings is 1. The fraction of sp³-hybridized carbons (Fsp3) is 0.739. The fourth-order valence-corrected chi connectivity index (χ4v) is 3.32. The summed E-state index contributed by atoms with van der Waals surface area (Å²) in [6.07, 6.45) is 6.51. The third-order valence-corrected chi connectivity index (χ3v) is 5.78. The molecule has 3 nitrogen and oxygen atoms in total. The number of nitrogens with one attached hydrogen (secondary N) is 1. The van der Waals surface area contributed by atoms with Crippen LogP contribution in [0.15, 0.2) is 29.2 Å². The molecular weight excluding hydrogens is 443 g/mol. The minimum absolute atomic E-state index is 0. The van der Waals surface area contributed by atoms with Crippen LogP contribution in [0.4, 0.5) is 0 Å². The van der Waals surface area contributed by atoms with Crippen LogP contribution < -0.4 is 5.32 Å². The van der Waals surface area contributed by atoms with E-state index in [-0.39, 0.29) is 34.1 Å². The molecule has 1 fully saturated rings. The molecule has 1 aliphatic carbocycles. The Labute approximate surface area is 205 Å². The quantitative estimate of drug-likeness (QED) is 0.296. The first-order valence-electron chi connectivity index (χ1n) is 10.4. The molecule has 1 aromatic rings. The number of aliphatic hydroxyl groups is 1. The van der Waals surface area contributed by atoms with Crippen LogP contribution in [0.1, 0.15) is 66.8 Å². The summed E-state index contributed by atoms with van der Waals surface area (Å²) in [5.41, 5.74) is 1.75. The van der Waals surface area contributed by atoms with Crippen molar-refractivity contribution in [2.24, 2.45) is 11.3 Å². The summed E-state index contributed by atoms with van der Waals surface area (Å²) in [7, 11) is 2.99. The summed E-state index contributed by atoms with van der Waals surface area (Å²) in [5, 5.41) is 10.2. The molecule has 2 N–H and O–H groups in total. The van der Waals surface area contributed by atoms with Gasteiger partial charge in [0.25, 0.3) is 0 Å². The van der Waals surface area contributed by atoms with Crippen LogP contribution in [0.25, 0.3) is 0 Å². The van der Waals surface area contributed by atoms with Crippen molar-refractivity contribution in [3.05, 3.63) is 29.8 Å². The van der Waals surface area contributed by atoms with Gasteiger partial charge in [-0.15, -0.1) is 11.8 Å². The Morgan fingerprint density at radius 2 is 1.93 bits per heavy atom. The van der Waals surface area contributed by atoms with Gasteiger partial charge in [-0.1, -0.05) is 46.2 Å². The van der Waals surface area contributed by atoms with Crippen molar-refractivity contribution < 1.29 is 44.0 Å². The van der Waals surface area contributed by atoms with Gasteiger partial charge >= 0.3 is 0 Å². The average Bonchev–Trinajstić information content (AvgIpc) is 3.51. The van der Waals surface area contributed by atoms with E-state index in [1.807, 2.05) is 18.8 Å². The number of hydrogen-bond acceptors (Lipinski definition) is 4. The summed E-state index contributed by atoms with van der Waals surface area (Å²) >= 11 is 2.00. The number of hydrogen-bond donors (Lipinski definition) is 2. The maximum Gasteiger partial charge on any atom is 0.0517 e. The normalized spacial score (nSPS) is 12.8. The molecular formula is C23H45NO2SY. The van der Waals surface area contributed by atoms with E-state index in [0.29, 0.717) is 5.41 Å². The SMILES string of the molecule is CCCCOCC(C)(C)CC.CNCc1cccc(SCC2CC2)c1.CO.[HH].[Y]. The van der Waals surface area contributed by atoms with Crippen molar-refractivity contribution in [2.45, 2.75) is 71.2 Å². The van der Waals surface area contributed by atoms with Crippen LogP contribution in [0, 0.1) is 11.3 Å². The molecule has 1 radical (unpaired) electrons. The molecule has 0 bridgehead atoms. The zero-order chi connectivity index (χ0) is 20.5. The third-order valence-electron chi connectivity index (χ3n) is 4.55. The van der Waals surface area contributed by atoms with Crippen molar-refractivity contribution in [1.82, 2.24) is 5.32 Å². The Kier molecular flexibility index (Phi) is 21.4. The van der Waals surface area contributed by atoms with Crippen LogP contribution in [-0.2, 0) is 44.0 Å². The van der Waals surface area contributed by atoms with E-state index in [4.69, 9.17) is 9.84 Å². The van der Waals surface area contributed by atoms with Gasteiger partial charge in [-0.05, 0) is 61.8 Å². The largest absolute Gasteiger partial charge is 0.400 e. The molecule has 0 heterocycles. The van der Waals surface area contributed by atoms with Gasteiger partial charge < -0.3 is 15.2 Å². The molecule has 163 valence electrons. The Balaban J connectivity index is -0.000000414. The average molecular weight is 489 g/mol. The van der Waals surface area contributed by atoms with E-state index in [1.54, 1.807) is 0 Å². The van der Waals surface area contributed by atoms with Crippen LogP contribution in [0.3, 0.4) is 0 Å². The number of rotatable bonds is 11. The van der Waals surface area contributed by atoms with Crippen LogP contribution >= 0.6 is 11.8 Å². The maximum atomic E-state index is 7.00.